The number of amides is 1. The summed E-state index contributed by atoms with van der Waals surface area (Å²) in [5.41, 5.74) is 0.104. The van der Waals surface area contributed by atoms with Crippen molar-refractivity contribution in [1.29, 1.82) is 0 Å². The van der Waals surface area contributed by atoms with Gasteiger partial charge >= 0.3 is 0 Å². The average Bonchev–Trinajstić information content (AvgIpc) is 3.38. The van der Waals surface area contributed by atoms with Crippen LogP contribution in [0.15, 0.2) is 38.8 Å². The summed E-state index contributed by atoms with van der Waals surface area (Å²) in [6.07, 6.45) is 6.04. The van der Waals surface area contributed by atoms with Crippen molar-refractivity contribution < 1.29 is 22.0 Å². The maximum atomic E-state index is 14.3. The summed E-state index contributed by atoms with van der Waals surface area (Å²) in [7, 11) is -3.56. The molecule has 0 radical (unpaired) electrons. The Morgan fingerprint density at radius 2 is 2.03 bits per heavy atom. The molecular formula is C20H17F2N3O3S3. The maximum Gasteiger partial charge on any atom is 0.252 e. The van der Waals surface area contributed by atoms with Gasteiger partial charge < -0.3 is 4.57 Å². The van der Waals surface area contributed by atoms with Gasteiger partial charge in [-0.25, -0.2) is 17.2 Å². The molecule has 0 atom stereocenters. The minimum atomic E-state index is -3.56. The van der Waals surface area contributed by atoms with E-state index < -0.39 is 33.5 Å². The number of hydrogen-bond acceptors (Lipinski definition) is 5. The highest BCUT2D eigenvalue weighted by molar-refractivity contribution is 7.91. The van der Waals surface area contributed by atoms with E-state index in [0.717, 1.165) is 28.7 Å². The summed E-state index contributed by atoms with van der Waals surface area (Å²) in [6, 6.07) is 5.17. The van der Waals surface area contributed by atoms with Crippen LogP contribution in [0.25, 0.3) is 10.2 Å². The summed E-state index contributed by atoms with van der Waals surface area (Å²) < 4.78 is 56.5. The highest BCUT2D eigenvalue weighted by Gasteiger charge is 2.32. The number of carbonyl (C=O) groups excluding carboxylic acids is 1. The summed E-state index contributed by atoms with van der Waals surface area (Å²) in [4.78, 5) is 17.1. The van der Waals surface area contributed by atoms with Crippen LogP contribution in [0.5, 0.6) is 0 Å². The number of rotatable bonds is 4. The van der Waals surface area contributed by atoms with E-state index in [2.05, 4.69) is 10.9 Å². The zero-order chi connectivity index (χ0) is 22.2. The SMILES string of the molecule is C#CCn1c(=NC(=O)C2CCN(S(=O)(=O)c3cccs3)CC2)sc2cc(F)cc(F)c21. The molecule has 162 valence electrons. The summed E-state index contributed by atoms with van der Waals surface area (Å²) in [5.74, 6) is 0.0153. The van der Waals surface area contributed by atoms with Gasteiger partial charge in [0, 0.05) is 25.1 Å². The number of carbonyl (C=O) groups is 1. The number of sulfonamides is 1. The summed E-state index contributed by atoms with van der Waals surface area (Å²) in [6.45, 7) is 0.401. The zero-order valence-corrected chi connectivity index (χ0v) is 18.6. The lowest BCUT2D eigenvalue weighted by molar-refractivity contribution is -0.122. The first-order valence-electron chi connectivity index (χ1n) is 9.35. The monoisotopic (exact) mass is 481 g/mol. The highest BCUT2D eigenvalue weighted by atomic mass is 32.2. The van der Waals surface area contributed by atoms with Crippen LogP contribution in [0.1, 0.15) is 12.8 Å². The van der Waals surface area contributed by atoms with Crippen molar-refractivity contribution >= 4 is 48.8 Å². The minimum absolute atomic E-state index is 0.0217. The molecule has 0 saturated carbocycles. The van der Waals surface area contributed by atoms with Crippen molar-refractivity contribution in [3.05, 3.63) is 46.1 Å². The number of hydrogen-bond donors (Lipinski definition) is 0. The molecule has 4 rings (SSSR count). The number of piperidine rings is 1. The quantitative estimate of drug-likeness (QED) is 0.538. The van der Waals surface area contributed by atoms with Gasteiger partial charge in [0.25, 0.3) is 15.9 Å². The topological polar surface area (TPSA) is 71.7 Å². The van der Waals surface area contributed by atoms with E-state index in [-0.39, 0.29) is 34.2 Å². The van der Waals surface area contributed by atoms with E-state index in [0.29, 0.717) is 17.5 Å². The average molecular weight is 482 g/mol. The fraction of sp³-hybridized carbons (Fsp3) is 0.300. The second kappa shape index (κ2) is 8.63. The molecule has 0 aliphatic carbocycles. The second-order valence-electron chi connectivity index (χ2n) is 6.97. The maximum absolute atomic E-state index is 14.3. The predicted octanol–water partition coefficient (Wildman–Crippen LogP) is 3.20. The fourth-order valence-electron chi connectivity index (χ4n) is 3.52. The van der Waals surface area contributed by atoms with Crippen molar-refractivity contribution in [1.82, 2.24) is 8.87 Å². The van der Waals surface area contributed by atoms with Gasteiger partial charge in [-0.3, -0.25) is 4.79 Å². The van der Waals surface area contributed by atoms with E-state index in [9.17, 15) is 22.0 Å². The number of halogens is 2. The molecule has 0 unspecified atom stereocenters. The fourth-order valence-corrected chi connectivity index (χ4v) is 7.21. The van der Waals surface area contributed by atoms with Crippen LogP contribution >= 0.6 is 22.7 Å². The van der Waals surface area contributed by atoms with Crippen LogP contribution in [0, 0.1) is 29.9 Å². The van der Waals surface area contributed by atoms with Gasteiger partial charge in [-0.2, -0.15) is 9.30 Å². The van der Waals surface area contributed by atoms with Gasteiger partial charge in [0.1, 0.15) is 10.0 Å². The molecule has 1 aliphatic rings. The van der Waals surface area contributed by atoms with Crippen LogP contribution < -0.4 is 4.80 Å². The van der Waals surface area contributed by atoms with Crippen LogP contribution in [-0.4, -0.2) is 36.3 Å². The molecule has 1 aliphatic heterocycles. The number of fused-ring (bicyclic) bond motifs is 1. The van der Waals surface area contributed by atoms with Gasteiger partial charge in [-0.05, 0) is 30.4 Å². The van der Waals surface area contributed by atoms with Crippen LogP contribution in [0.4, 0.5) is 8.78 Å². The normalized spacial score (nSPS) is 16.6. The van der Waals surface area contributed by atoms with E-state index >= 15 is 0 Å². The largest absolute Gasteiger partial charge is 0.302 e. The van der Waals surface area contributed by atoms with Gasteiger partial charge in [-0.15, -0.1) is 17.8 Å². The van der Waals surface area contributed by atoms with E-state index in [1.165, 1.54) is 14.9 Å². The Balaban J connectivity index is 1.58. The molecular weight excluding hydrogens is 464 g/mol. The molecule has 11 heteroatoms. The smallest absolute Gasteiger partial charge is 0.252 e. The molecule has 31 heavy (non-hydrogen) atoms. The van der Waals surface area contributed by atoms with Gasteiger partial charge in [0.05, 0.1) is 16.8 Å². The standard InChI is InChI=1S/C20H17F2N3O3S3/c1-2-7-25-18-15(22)11-14(21)12-16(18)30-20(25)23-19(26)13-5-8-24(9-6-13)31(27,28)17-4-3-10-29-17/h1,3-4,10-13H,5-9H2. The van der Waals surface area contributed by atoms with Crippen LogP contribution in [-0.2, 0) is 21.4 Å². The Bertz CT molecular complexity index is 1340. The van der Waals surface area contributed by atoms with Crippen molar-refractivity contribution in [2.24, 2.45) is 10.9 Å². The molecule has 0 N–H and O–H groups in total. The molecule has 2 aromatic heterocycles. The number of thiazole rings is 1. The first-order valence-corrected chi connectivity index (χ1v) is 12.5. The van der Waals surface area contributed by atoms with Gasteiger partial charge in [0.15, 0.2) is 10.6 Å². The third kappa shape index (κ3) is 4.21. The molecule has 1 saturated heterocycles. The van der Waals surface area contributed by atoms with Gasteiger partial charge in [0.2, 0.25) is 0 Å². The van der Waals surface area contributed by atoms with Crippen molar-refractivity contribution in [3.63, 3.8) is 0 Å². The molecule has 1 aromatic carbocycles. The van der Waals surface area contributed by atoms with Crippen molar-refractivity contribution in [3.8, 4) is 12.3 Å². The third-order valence-electron chi connectivity index (χ3n) is 5.04. The summed E-state index contributed by atoms with van der Waals surface area (Å²) >= 11 is 2.14. The highest BCUT2D eigenvalue weighted by Crippen LogP contribution is 2.27. The Morgan fingerprint density at radius 1 is 1.29 bits per heavy atom. The summed E-state index contributed by atoms with van der Waals surface area (Å²) in [5, 5.41) is 1.70. The van der Waals surface area contributed by atoms with Crippen LogP contribution in [0.3, 0.4) is 0 Å². The molecule has 1 fully saturated rings. The Hall–Kier alpha value is -2.39. The van der Waals surface area contributed by atoms with E-state index in [4.69, 9.17) is 6.42 Å². The zero-order valence-electron chi connectivity index (χ0n) is 16.1. The van der Waals surface area contributed by atoms with E-state index in [1.807, 2.05) is 0 Å². The van der Waals surface area contributed by atoms with Crippen molar-refractivity contribution in [2.75, 3.05) is 13.1 Å². The molecule has 1 amide bonds. The van der Waals surface area contributed by atoms with Gasteiger partial charge in [-0.1, -0.05) is 23.3 Å². The molecule has 0 bridgehead atoms. The number of nitrogens with zero attached hydrogens (tertiary/aromatic N) is 3. The lowest BCUT2D eigenvalue weighted by atomic mass is 9.98. The predicted molar refractivity (Wildman–Crippen MR) is 115 cm³/mol. The Morgan fingerprint density at radius 3 is 2.68 bits per heavy atom. The first-order chi connectivity index (χ1) is 14.8. The minimum Gasteiger partial charge on any atom is -0.302 e. The molecule has 0 spiro atoms. The number of aromatic nitrogens is 1. The lowest BCUT2D eigenvalue weighted by Gasteiger charge is -2.29. The Kier molecular flexibility index (Phi) is 6.07. The van der Waals surface area contributed by atoms with E-state index in [1.54, 1.807) is 17.5 Å². The molecule has 6 nitrogen and oxygen atoms in total. The molecule has 3 aromatic rings. The number of benzene rings is 1. The second-order valence-corrected chi connectivity index (χ2v) is 11.1. The number of terminal acetylenes is 1. The van der Waals surface area contributed by atoms with Crippen LogP contribution in [0.2, 0.25) is 0 Å². The van der Waals surface area contributed by atoms with Crippen molar-refractivity contribution in [2.45, 2.75) is 23.6 Å². The molecule has 3 heterocycles. The lowest BCUT2D eigenvalue weighted by Crippen LogP contribution is -2.40. The first kappa shape index (κ1) is 21.8. The number of thiophene rings is 1. The third-order valence-corrected chi connectivity index (χ3v) is 9.34. The Labute approximate surface area is 185 Å².